The van der Waals surface area contributed by atoms with Gasteiger partial charge in [0.05, 0.1) is 6.04 Å². The van der Waals surface area contributed by atoms with Gasteiger partial charge < -0.3 is 15.2 Å². The number of hydrogen-bond donors (Lipinski definition) is 2. The molecule has 0 aliphatic heterocycles. The fourth-order valence-corrected chi connectivity index (χ4v) is 1.56. The Balaban J connectivity index is 2.05. The fourth-order valence-electron chi connectivity index (χ4n) is 1.56. The predicted octanol–water partition coefficient (Wildman–Crippen LogP) is 1.07. The van der Waals surface area contributed by atoms with Gasteiger partial charge in [-0.2, -0.15) is 0 Å². The molecule has 100 valence electrons. The zero-order valence-corrected chi connectivity index (χ0v) is 11.1. The second kappa shape index (κ2) is 5.47. The first kappa shape index (κ1) is 13.0. The van der Waals surface area contributed by atoms with Crippen LogP contribution >= 0.6 is 0 Å². The average molecular weight is 260 g/mol. The van der Waals surface area contributed by atoms with Gasteiger partial charge in [0.1, 0.15) is 11.6 Å². The van der Waals surface area contributed by atoms with Crippen LogP contribution in [-0.4, -0.2) is 45.1 Å². The summed E-state index contributed by atoms with van der Waals surface area (Å²) in [6.07, 6.45) is 3.45. The van der Waals surface area contributed by atoms with Crippen molar-refractivity contribution in [3.05, 3.63) is 36.0 Å². The maximum Gasteiger partial charge on any atom is 0.273 e. The quantitative estimate of drug-likeness (QED) is 0.858. The standard InChI is InChI=1S/C12H16N6O/c1-8(11-13-6-7-14-11)15-10-5-4-9(16-17-10)12(19)18(2)3/h4-8H,1-3H3,(H,13,14)(H,15,17). The van der Waals surface area contributed by atoms with Gasteiger partial charge in [0.25, 0.3) is 5.91 Å². The first-order valence-corrected chi connectivity index (χ1v) is 5.89. The summed E-state index contributed by atoms with van der Waals surface area (Å²) in [4.78, 5) is 20.3. The van der Waals surface area contributed by atoms with Gasteiger partial charge in [0.2, 0.25) is 0 Å². The third-order valence-corrected chi connectivity index (χ3v) is 2.58. The number of aromatic nitrogens is 4. The van der Waals surface area contributed by atoms with E-state index in [2.05, 4.69) is 25.5 Å². The molecule has 2 aromatic heterocycles. The molecule has 0 saturated carbocycles. The van der Waals surface area contributed by atoms with E-state index in [-0.39, 0.29) is 11.9 Å². The number of nitrogens with one attached hydrogen (secondary N) is 2. The van der Waals surface area contributed by atoms with Crippen LogP contribution < -0.4 is 5.32 Å². The molecular formula is C12H16N6O. The smallest absolute Gasteiger partial charge is 0.273 e. The van der Waals surface area contributed by atoms with Crippen LogP contribution in [0.3, 0.4) is 0 Å². The highest BCUT2D eigenvalue weighted by Gasteiger charge is 2.12. The molecule has 0 radical (unpaired) electrons. The van der Waals surface area contributed by atoms with Crippen molar-refractivity contribution in [1.82, 2.24) is 25.1 Å². The van der Waals surface area contributed by atoms with Gasteiger partial charge in [-0.1, -0.05) is 0 Å². The van der Waals surface area contributed by atoms with Crippen molar-refractivity contribution in [3.63, 3.8) is 0 Å². The highest BCUT2D eigenvalue weighted by molar-refractivity contribution is 5.91. The summed E-state index contributed by atoms with van der Waals surface area (Å²) >= 11 is 0. The van der Waals surface area contributed by atoms with Crippen LogP contribution in [0.1, 0.15) is 29.3 Å². The lowest BCUT2D eigenvalue weighted by molar-refractivity contribution is 0.0821. The number of carbonyl (C=O) groups is 1. The van der Waals surface area contributed by atoms with E-state index in [4.69, 9.17) is 0 Å². The maximum absolute atomic E-state index is 11.7. The van der Waals surface area contributed by atoms with Crippen LogP contribution in [0.4, 0.5) is 5.82 Å². The minimum atomic E-state index is -0.168. The second-order valence-electron chi connectivity index (χ2n) is 4.34. The lowest BCUT2D eigenvalue weighted by atomic mass is 10.3. The summed E-state index contributed by atoms with van der Waals surface area (Å²) in [5.74, 6) is 1.24. The molecule has 2 heterocycles. The topological polar surface area (TPSA) is 86.8 Å². The number of amides is 1. The highest BCUT2D eigenvalue weighted by Crippen LogP contribution is 2.13. The monoisotopic (exact) mass is 260 g/mol. The van der Waals surface area contributed by atoms with Crippen molar-refractivity contribution in [2.75, 3.05) is 19.4 Å². The van der Waals surface area contributed by atoms with E-state index in [1.165, 1.54) is 4.90 Å². The van der Waals surface area contributed by atoms with Gasteiger partial charge in [-0.3, -0.25) is 4.79 Å². The number of rotatable bonds is 4. The number of hydrogen-bond acceptors (Lipinski definition) is 5. The molecule has 0 aliphatic carbocycles. The van der Waals surface area contributed by atoms with Crippen molar-refractivity contribution >= 4 is 11.7 Å². The van der Waals surface area contributed by atoms with Gasteiger partial charge >= 0.3 is 0 Å². The lowest BCUT2D eigenvalue weighted by Crippen LogP contribution is -2.23. The van der Waals surface area contributed by atoms with Crippen LogP contribution in [0.25, 0.3) is 0 Å². The summed E-state index contributed by atoms with van der Waals surface area (Å²) in [7, 11) is 3.35. The van der Waals surface area contributed by atoms with Crippen LogP contribution in [0.5, 0.6) is 0 Å². The Hall–Kier alpha value is -2.44. The van der Waals surface area contributed by atoms with Crippen molar-refractivity contribution in [3.8, 4) is 0 Å². The summed E-state index contributed by atoms with van der Waals surface area (Å²) in [5.41, 5.74) is 0.321. The lowest BCUT2D eigenvalue weighted by Gasteiger charge is -2.12. The van der Waals surface area contributed by atoms with Gasteiger partial charge in [0, 0.05) is 26.5 Å². The van der Waals surface area contributed by atoms with Crippen LogP contribution in [0.15, 0.2) is 24.5 Å². The number of carbonyl (C=O) groups excluding carboxylic acids is 1. The average Bonchev–Trinajstić information content (AvgIpc) is 2.92. The fraction of sp³-hybridized carbons (Fsp3) is 0.333. The van der Waals surface area contributed by atoms with E-state index >= 15 is 0 Å². The Morgan fingerprint density at radius 3 is 2.68 bits per heavy atom. The van der Waals surface area contributed by atoms with Crippen molar-refractivity contribution < 1.29 is 4.79 Å². The second-order valence-corrected chi connectivity index (χ2v) is 4.34. The zero-order valence-electron chi connectivity index (χ0n) is 11.1. The molecule has 1 amide bonds. The third-order valence-electron chi connectivity index (χ3n) is 2.58. The van der Waals surface area contributed by atoms with Crippen LogP contribution in [0, 0.1) is 0 Å². The largest absolute Gasteiger partial charge is 0.359 e. The molecule has 19 heavy (non-hydrogen) atoms. The van der Waals surface area contributed by atoms with E-state index in [9.17, 15) is 4.79 Å². The molecule has 0 fully saturated rings. The molecule has 2 rings (SSSR count). The number of aromatic amines is 1. The molecule has 0 saturated heterocycles. The van der Waals surface area contributed by atoms with Crippen molar-refractivity contribution in [2.24, 2.45) is 0 Å². The number of nitrogens with zero attached hydrogens (tertiary/aromatic N) is 4. The van der Waals surface area contributed by atoms with E-state index in [1.54, 1.807) is 38.6 Å². The molecule has 0 aliphatic rings. The Kier molecular flexibility index (Phi) is 3.74. The Morgan fingerprint density at radius 1 is 1.37 bits per heavy atom. The number of imidazole rings is 1. The molecule has 7 nitrogen and oxygen atoms in total. The Labute approximate surface area is 111 Å². The van der Waals surface area contributed by atoms with Gasteiger partial charge in [0.15, 0.2) is 5.69 Å². The normalized spacial score (nSPS) is 11.9. The van der Waals surface area contributed by atoms with Gasteiger partial charge in [-0.15, -0.1) is 10.2 Å². The minimum absolute atomic E-state index is 0.0142. The number of anilines is 1. The van der Waals surface area contributed by atoms with Crippen LogP contribution in [0.2, 0.25) is 0 Å². The Morgan fingerprint density at radius 2 is 2.16 bits per heavy atom. The maximum atomic E-state index is 11.7. The van der Waals surface area contributed by atoms with E-state index < -0.39 is 0 Å². The molecule has 2 aromatic rings. The number of H-pyrrole nitrogens is 1. The Bertz CT molecular complexity index is 534. The SMILES string of the molecule is CC(Nc1ccc(C(=O)N(C)C)nn1)c1ncc[nH]1. The summed E-state index contributed by atoms with van der Waals surface area (Å²) < 4.78 is 0. The summed E-state index contributed by atoms with van der Waals surface area (Å²) in [5, 5.41) is 11.0. The third kappa shape index (κ3) is 3.06. The first-order chi connectivity index (χ1) is 9.08. The summed E-state index contributed by atoms with van der Waals surface area (Å²) in [6.45, 7) is 1.96. The van der Waals surface area contributed by atoms with Crippen molar-refractivity contribution in [1.29, 1.82) is 0 Å². The minimum Gasteiger partial charge on any atom is -0.359 e. The summed E-state index contributed by atoms with van der Waals surface area (Å²) in [6, 6.07) is 3.36. The van der Waals surface area contributed by atoms with Gasteiger partial charge in [-0.05, 0) is 19.1 Å². The van der Waals surface area contributed by atoms with Gasteiger partial charge in [-0.25, -0.2) is 4.98 Å². The first-order valence-electron chi connectivity index (χ1n) is 5.89. The van der Waals surface area contributed by atoms with E-state index in [1.807, 2.05) is 6.92 Å². The molecular weight excluding hydrogens is 244 g/mol. The molecule has 1 atom stereocenters. The molecule has 0 bridgehead atoms. The molecule has 7 heteroatoms. The van der Waals surface area contributed by atoms with E-state index in [0.29, 0.717) is 11.5 Å². The molecule has 0 spiro atoms. The van der Waals surface area contributed by atoms with E-state index in [0.717, 1.165) is 5.82 Å². The van der Waals surface area contributed by atoms with Crippen molar-refractivity contribution in [2.45, 2.75) is 13.0 Å². The molecule has 0 aromatic carbocycles. The highest BCUT2D eigenvalue weighted by atomic mass is 16.2. The predicted molar refractivity (Wildman–Crippen MR) is 70.7 cm³/mol. The zero-order chi connectivity index (χ0) is 13.8. The molecule has 2 N–H and O–H groups in total. The molecule has 1 unspecified atom stereocenters. The van der Waals surface area contributed by atoms with Crippen LogP contribution in [-0.2, 0) is 0 Å².